The molecule has 12 nitrogen and oxygen atoms in total. The molecule has 0 unspecified atom stereocenters. The number of aromatic carboxylic acids is 2. The summed E-state index contributed by atoms with van der Waals surface area (Å²) in [5, 5.41) is 43.8. The molecule has 0 aliphatic heterocycles. The molecule has 0 aromatic heterocycles. The molecule has 0 aliphatic carbocycles. The smallest absolute Gasteiger partial charge is 0.545 e. The van der Waals surface area contributed by atoms with E-state index in [4.69, 9.17) is 18.9 Å². The predicted octanol–water partition coefficient (Wildman–Crippen LogP) is 4.41. The molecule has 0 saturated heterocycles. The Morgan fingerprint density at radius 3 is 1.13 bits per heavy atom. The molecule has 0 aliphatic rings. The van der Waals surface area contributed by atoms with E-state index < -0.39 is 23.5 Å². The maximum Gasteiger partial charge on any atom is 1.00 e. The summed E-state index contributed by atoms with van der Waals surface area (Å²) in [6.07, 6.45) is 2.44. The Labute approximate surface area is 494 Å². The first kappa shape index (κ1) is 61.6. The van der Waals surface area contributed by atoms with Gasteiger partial charge in [0.1, 0.15) is 46.1 Å². The number of carboxylic acid groups (broad SMARTS) is 2. The van der Waals surface area contributed by atoms with Crippen LogP contribution >= 0.6 is 0 Å². The zero-order valence-corrected chi connectivity index (χ0v) is 47.6. The molecule has 0 spiro atoms. The zero-order chi connectivity index (χ0) is 54.1. The Balaban J connectivity index is 0.000000280. The number of benzene rings is 8. The van der Waals surface area contributed by atoms with E-state index in [1.165, 1.54) is 60.7 Å². The third-order valence-corrected chi connectivity index (χ3v) is 12.0. The molecule has 0 atom stereocenters. The minimum atomic E-state index is -1.41. The maximum atomic E-state index is 13.3. The van der Waals surface area contributed by atoms with Crippen molar-refractivity contribution < 1.29 is 126 Å². The van der Waals surface area contributed by atoms with E-state index in [9.17, 15) is 48.4 Å². The van der Waals surface area contributed by atoms with Crippen LogP contribution in [0.3, 0.4) is 0 Å². The van der Waals surface area contributed by atoms with Crippen molar-refractivity contribution in [2.45, 2.75) is 39.5 Å². The summed E-state index contributed by atoms with van der Waals surface area (Å²) in [6.45, 7) is 5.26. The molecular weight excluding hydrogens is 1020 g/mol. The Kier molecular flexibility index (Phi) is 23.7. The second-order valence-corrected chi connectivity index (χ2v) is 17.2. The van der Waals surface area contributed by atoms with Crippen LogP contribution in [0.5, 0.6) is 34.5 Å². The maximum absolute atomic E-state index is 13.3. The van der Waals surface area contributed by atoms with Crippen LogP contribution in [0.15, 0.2) is 170 Å². The molecule has 388 valence electrons. The molecule has 0 saturated carbocycles. The summed E-state index contributed by atoms with van der Waals surface area (Å²) in [5.74, 6) is -2.22. The molecule has 8 aromatic carbocycles. The monoisotopic (exact) mass is 1070 g/mol. The van der Waals surface area contributed by atoms with Crippen LogP contribution < -0.4 is 88.3 Å². The molecule has 16 heteroatoms. The van der Waals surface area contributed by atoms with Crippen molar-refractivity contribution in [2.24, 2.45) is 0 Å². The van der Waals surface area contributed by atoms with Crippen molar-refractivity contribution in [3.63, 3.8) is 0 Å². The van der Waals surface area contributed by atoms with E-state index >= 15 is 0 Å². The van der Waals surface area contributed by atoms with Crippen LogP contribution in [-0.2, 0) is 12.8 Å². The van der Waals surface area contributed by atoms with Gasteiger partial charge in [0.25, 0.3) is 0 Å². The van der Waals surface area contributed by atoms with Crippen molar-refractivity contribution >= 4 is 23.5 Å². The molecule has 0 radical (unpaired) electrons. The van der Waals surface area contributed by atoms with Crippen molar-refractivity contribution in [1.82, 2.24) is 0 Å². The number of carbonyl (C=O) groups excluding carboxylic acids is 4. The zero-order valence-electron chi connectivity index (χ0n) is 43.6. The summed E-state index contributed by atoms with van der Waals surface area (Å²) in [7, 11) is 0. The van der Waals surface area contributed by atoms with Gasteiger partial charge in [0, 0.05) is 69.5 Å². The number of hydrogen-bond acceptors (Lipinski definition) is 12. The molecule has 0 fully saturated rings. The van der Waals surface area contributed by atoms with Crippen molar-refractivity contribution in [2.75, 3.05) is 26.4 Å². The fourth-order valence-corrected chi connectivity index (χ4v) is 8.12. The second kappa shape index (κ2) is 30.0. The van der Waals surface area contributed by atoms with Crippen molar-refractivity contribution in [3.8, 4) is 56.8 Å². The number of phenolic OH excluding ortho intramolecular Hbond substituents is 2. The molecule has 8 rings (SSSR count). The van der Waals surface area contributed by atoms with Crippen LogP contribution in [0.1, 0.15) is 90.4 Å². The standard InChI is InChI=1S/2C31H27FO6.2Na/c2*1-2-20-18-27(21-11-13-23(32)14-12-21)28(33)19-29(20)38-16-6-15-37-24-8-5-7-22(17-24)30(34)25-9-3-4-10-26(25)31(35)36;;/h2*3-5,7-14,17-19,33H,2,6,15-16H2,1H3,(H,35,36);;/q;;2*+1/p-2. The summed E-state index contributed by atoms with van der Waals surface area (Å²) in [5.41, 5.74) is 4.84. The van der Waals surface area contributed by atoms with Gasteiger partial charge in [-0.15, -0.1) is 0 Å². The first-order valence-corrected chi connectivity index (χ1v) is 24.4. The van der Waals surface area contributed by atoms with Gasteiger partial charge in [-0.1, -0.05) is 111 Å². The molecule has 78 heavy (non-hydrogen) atoms. The summed E-state index contributed by atoms with van der Waals surface area (Å²) >= 11 is 0. The van der Waals surface area contributed by atoms with Crippen LogP contribution in [0.2, 0.25) is 0 Å². The number of ether oxygens (including phenoxy) is 4. The minimum absolute atomic E-state index is 0. The normalized spacial score (nSPS) is 10.4. The Morgan fingerprint density at radius 1 is 0.436 bits per heavy atom. The Morgan fingerprint density at radius 2 is 0.782 bits per heavy atom. The second-order valence-electron chi connectivity index (χ2n) is 17.2. The van der Waals surface area contributed by atoms with Crippen LogP contribution in [0.4, 0.5) is 8.78 Å². The van der Waals surface area contributed by atoms with Gasteiger partial charge in [-0.05, 0) is 95.8 Å². The van der Waals surface area contributed by atoms with Gasteiger partial charge in [-0.3, -0.25) is 9.59 Å². The fraction of sp³-hybridized carbons (Fsp3) is 0.161. The van der Waals surface area contributed by atoms with Crippen molar-refractivity contribution in [3.05, 3.63) is 226 Å². The van der Waals surface area contributed by atoms with E-state index in [0.29, 0.717) is 108 Å². The van der Waals surface area contributed by atoms with E-state index in [1.54, 1.807) is 97.1 Å². The van der Waals surface area contributed by atoms with E-state index in [1.807, 2.05) is 26.0 Å². The third kappa shape index (κ3) is 16.4. The number of rotatable bonds is 22. The minimum Gasteiger partial charge on any atom is -0.545 e. The van der Waals surface area contributed by atoms with Gasteiger partial charge >= 0.3 is 59.1 Å². The quantitative estimate of drug-likeness (QED) is 0.0553. The molecule has 0 heterocycles. The van der Waals surface area contributed by atoms with E-state index in [-0.39, 0.29) is 105 Å². The van der Waals surface area contributed by atoms with Gasteiger partial charge in [-0.2, -0.15) is 0 Å². The average molecular weight is 1070 g/mol. The first-order valence-electron chi connectivity index (χ1n) is 24.4. The van der Waals surface area contributed by atoms with Gasteiger partial charge < -0.3 is 49.0 Å². The number of phenols is 2. The average Bonchev–Trinajstić information content (AvgIpc) is 3.45. The first-order chi connectivity index (χ1) is 36.7. The predicted molar refractivity (Wildman–Crippen MR) is 278 cm³/mol. The molecule has 8 aromatic rings. The fourth-order valence-electron chi connectivity index (χ4n) is 8.12. The molecule has 2 N–H and O–H groups in total. The summed E-state index contributed by atoms with van der Waals surface area (Å²) in [4.78, 5) is 48.5. The molecule has 0 amide bonds. The van der Waals surface area contributed by atoms with Gasteiger partial charge in [-0.25, -0.2) is 8.78 Å². The van der Waals surface area contributed by atoms with Crippen LogP contribution in [0, 0.1) is 11.6 Å². The van der Waals surface area contributed by atoms with Gasteiger partial charge in [0.15, 0.2) is 11.6 Å². The number of carbonyl (C=O) groups is 4. The van der Waals surface area contributed by atoms with Crippen molar-refractivity contribution in [1.29, 1.82) is 0 Å². The number of carboxylic acids is 2. The van der Waals surface area contributed by atoms with Crippen LogP contribution in [0.25, 0.3) is 22.3 Å². The van der Waals surface area contributed by atoms with E-state index in [2.05, 4.69) is 0 Å². The Hall–Kier alpha value is -7.30. The molecule has 0 bridgehead atoms. The van der Waals surface area contributed by atoms with Gasteiger partial charge in [0.2, 0.25) is 0 Å². The van der Waals surface area contributed by atoms with E-state index in [0.717, 1.165) is 11.1 Å². The number of aromatic hydroxyl groups is 2. The van der Waals surface area contributed by atoms with Crippen LogP contribution in [-0.4, -0.2) is 60.1 Å². The Bertz CT molecular complexity index is 3130. The number of hydrogen-bond donors (Lipinski definition) is 2. The summed E-state index contributed by atoms with van der Waals surface area (Å²) in [6, 6.07) is 43.6. The largest absolute Gasteiger partial charge is 1.00 e. The number of ketones is 2. The SMILES string of the molecule is CCc1cc(-c2ccc(F)cc2)c(O)cc1OCCCOc1cccc(C(=O)c2ccccc2C(=O)[O-])c1.CCc1cc(-c2ccc(F)cc2)c(O)cc1OCCCOc1cccc(C(=O)c2ccccc2C(=O)[O-])c1.[Na+].[Na+]. The molecular formula is C62H52F2Na2O12. The number of halogens is 2. The summed E-state index contributed by atoms with van der Waals surface area (Å²) < 4.78 is 49.9. The van der Waals surface area contributed by atoms with Gasteiger partial charge in [0.05, 0.1) is 38.4 Å². The topological polar surface area (TPSA) is 192 Å². The third-order valence-electron chi connectivity index (χ3n) is 12.0. The number of aryl methyl sites for hydroxylation is 2.